The van der Waals surface area contributed by atoms with Gasteiger partial charge in [-0.25, -0.2) is 9.37 Å². The van der Waals surface area contributed by atoms with E-state index in [1.54, 1.807) is 12.3 Å². The smallest absolute Gasteiger partial charge is 0.202 e. The van der Waals surface area contributed by atoms with Gasteiger partial charge in [0.2, 0.25) is 5.82 Å². The van der Waals surface area contributed by atoms with Crippen LogP contribution in [0.15, 0.2) is 42.6 Å². The summed E-state index contributed by atoms with van der Waals surface area (Å²) in [6.45, 7) is 7.01. The lowest BCUT2D eigenvalue weighted by Gasteiger charge is -2.16. The third-order valence-electron chi connectivity index (χ3n) is 6.66. The third kappa shape index (κ3) is 4.51. The van der Waals surface area contributed by atoms with E-state index in [0.717, 1.165) is 52.9 Å². The zero-order chi connectivity index (χ0) is 25.2. The van der Waals surface area contributed by atoms with Crippen molar-refractivity contribution in [1.82, 2.24) is 30.1 Å². The van der Waals surface area contributed by atoms with E-state index in [1.807, 2.05) is 32.0 Å². The molecule has 0 spiro atoms. The highest BCUT2D eigenvalue weighted by Crippen LogP contribution is 2.33. The number of rotatable bonds is 7. The maximum atomic E-state index is 15.2. The molecule has 0 radical (unpaired) electrons. The monoisotopic (exact) mass is 491 g/mol. The van der Waals surface area contributed by atoms with Crippen LogP contribution in [0.25, 0.3) is 28.2 Å². The first-order valence-electron chi connectivity index (χ1n) is 11.9. The highest BCUT2D eigenvalue weighted by Gasteiger charge is 2.22. The molecule has 0 unspecified atom stereocenters. The summed E-state index contributed by atoms with van der Waals surface area (Å²) in [5.74, 6) is -2.04. The van der Waals surface area contributed by atoms with Gasteiger partial charge in [0.15, 0.2) is 17.4 Å². The number of halogens is 2. The number of benzene rings is 2. The zero-order valence-electron chi connectivity index (χ0n) is 20.2. The van der Waals surface area contributed by atoms with Gasteiger partial charge in [0, 0.05) is 18.3 Å². The van der Waals surface area contributed by atoms with Crippen molar-refractivity contribution in [2.45, 2.75) is 26.7 Å². The minimum atomic E-state index is -1.11. The lowest BCUT2D eigenvalue weighted by Crippen LogP contribution is -2.25. The van der Waals surface area contributed by atoms with E-state index in [1.165, 1.54) is 12.1 Å². The van der Waals surface area contributed by atoms with Crippen LogP contribution in [0.4, 0.5) is 14.6 Å². The van der Waals surface area contributed by atoms with Crippen LogP contribution in [-0.4, -0.2) is 56.3 Å². The Labute approximate surface area is 207 Å². The highest BCUT2D eigenvalue weighted by atomic mass is 19.2. The van der Waals surface area contributed by atoms with Crippen molar-refractivity contribution in [3.8, 4) is 34.0 Å². The summed E-state index contributed by atoms with van der Waals surface area (Å²) in [5, 5.41) is 11.6. The second kappa shape index (κ2) is 9.98. The Kier molecular flexibility index (Phi) is 6.60. The second-order valence-electron chi connectivity index (χ2n) is 8.93. The van der Waals surface area contributed by atoms with Crippen molar-refractivity contribution < 1.29 is 13.5 Å². The van der Waals surface area contributed by atoms with Crippen LogP contribution in [0.2, 0.25) is 0 Å². The molecule has 8 nitrogen and oxygen atoms in total. The van der Waals surface area contributed by atoms with Gasteiger partial charge in [-0.1, -0.05) is 18.2 Å². The molecule has 1 aliphatic heterocycles. The number of hydrogen-bond donors (Lipinski definition) is 1. The summed E-state index contributed by atoms with van der Waals surface area (Å²) in [6, 6.07) is 10.6. The second-order valence-corrected chi connectivity index (χ2v) is 8.93. The van der Waals surface area contributed by atoms with E-state index >= 15 is 4.39 Å². The molecule has 1 saturated heterocycles. The van der Waals surface area contributed by atoms with Crippen molar-refractivity contribution in [2.24, 2.45) is 0 Å². The molecule has 1 fully saturated rings. The molecule has 0 amide bonds. The van der Waals surface area contributed by atoms with Crippen LogP contribution in [0.5, 0.6) is 5.75 Å². The number of nitrogens with zero attached hydrogens (tertiary/aromatic N) is 6. The zero-order valence-corrected chi connectivity index (χ0v) is 20.2. The number of nitrogens with two attached hydrogens (primary N) is 1. The predicted molar refractivity (Wildman–Crippen MR) is 133 cm³/mol. The Balaban J connectivity index is 1.46. The van der Waals surface area contributed by atoms with Gasteiger partial charge in [0.25, 0.3) is 0 Å². The van der Waals surface area contributed by atoms with Crippen molar-refractivity contribution in [2.75, 3.05) is 32.0 Å². The van der Waals surface area contributed by atoms with E-state index in [2.05, 4.69) is 25.4 Å². The third-order valence-corrected chi connectivity index (χ3v) is 6.66. The van der Waals surface area contributed by atoms with Gasteiger partial charge in [-0.2, -0.15) is 9.07 Å². The van der Waals surface area contributed by atoms with E-state index in [0.29, 0.717) is 12.1 Å². The van der Waals surface area contributed by atoms with Crippen LogP contribution in [0.1, 0.15) is 24.0 Å². The molecule has 5 rings (SSSR count). The number of hydrogen-bond acceptors (Lipinski definition) is 7. The molecular weight excluding hydrogens is 464 g/mol. The summed E-state index contributed by atoms with van der Waals surface area (Å²) < 4.78 is 36.7. The molecule has 0 bridgehead atoms. The van der Waals surface area contributed by atoms with Crippen LogP contribution in [0.3, 0.4) is 0 Å². The standard InChI is InChI=1S/C26H27F2N7O/c1-16-6-5-7-19(17(16)2)18-14-20(25(29)30-15-18)26-31-32-33-35(26)21-8-9-22(24(28)23(21)27)36-13-12-34-10-3-4-11-34/h5-9,14-15H,3-4,10-13H2,1-2H3,(H2,29,30). The number of nitrogen functional groups attached to an aromatic ring is 1. The van der Waals surface area contributed by atoms with Crippen molar-refractivity contribution in [3.05, 3.63) is 65.4 Å². The van der Waals surface area contributed by atoms with Gasteiger partial charge in [-0.3, -0.25) is 4.90 Å². The van der Waals surface area contributed by atoms with E-state index in [4.69, 9.17) is 10.5 Å². The summed E-state index contributed by atoms with van der Waals surface area (Å²) in [7, 11) is 0. The molecule has 3 heterocycles. The summed E-state index contributed by atoms with van der Waals surface area (Å²) in [6.07, 6.45) is 3.97. The van der Waals surface area contributed by atoms with Gasteiger partial charge in [0.05, 0.1) is 5.56 Å². The van der Waals surface area contributed by atoms with Crippen LogP contribution >= 0.6 is 0 Å². The Bertz CT molecular complexity index is 1400. The molecule has 10 heteroatoms. The molecule has 186 valence electrons. The summed E-state index contributed by atoms with van der Waals surface area (Å²) in [4.78, 5) is 6.55. The minimum Gasteiger partial charge on any atom is -0.489 e. The fraction of sp³-hybridized carbons (Fsp3) is 0.308. The first-order chi connectivity index (χ1) is 17.4. The van der Waals surface area contributed by atoms with Gasteiger partial charge < -0.3 is 10.5 Å². The molecule has 4 aromatic rings. The minimum absolute atomic E-state index is 0.146. The van der Waals surface area contributed by atoms with Crippen molar-refractivity contribution in [3.63, 3.8) is 0 Å². The molecule has 2 aromatic carbocycles. The number of likely N-dealkylation sites (tertiary alicyclic amines) is 1. The number of anilines is 1. The Morgan fingerprint density at radius 1 is 1.03 bits per heavy atom. The number of pyridine rings is 1. The van der Waals surface area contributed by atoms with E-state index in [9.17, 15) is 4.39 Å². The number of aromatic nitrogens is 5. The molecular formula is C26H27F2N7O. The maximum Gasteiger partial charge on any atom is 0.202 e. The van der Waals surface area contributed by atoms with Gasteiger partial charge in [0.1, 0.15) is 18.1 Å². The largest absolute Gasteiger partial charge is 0.489 e. The summed E-state index contributed by atoms with van der Waals surface area (Å²) >= 11 is 0. The van der Waals surface area contributed by atoms with Crippen molar-refractivity contribution in [1.29, 1.82) is 0 Å². The fourth-order valence-electron chi connectivity index (χ4n) is 4.47. The topological polar surface area (TPSA) is 95.0 Å². The highest BCUT2D eigenvalue weighted by molar-refractivity contribution is 5.78. The molecule has 2 N–H and O–H groups in total. The Hall–Kier alpha value is -3.92. The van der Waals surface area contributed by atoms with Crippen LogP contribution in [-0.2, 0) is 0 Å². The normalized spacial score (nSPS) is 13.9. The predicted octanol–water partition coefficient (Wildman–Crippen LogP) is 4.34. The SMILES string of the molecule is Cc1cccc(-c2cnc(N)c(-c3nnnn3-c3ccc(OCCN4CCCC4)c(F)c3F)c2)c1C. The van der Waals surface area contributed by atoms with Gasteiger partial charge >= 0.3 is 0 Å². The molecule has 0 atom stereocenters. The van der Waals surface area contributed by atoms with E-state index < -0.39 is 11.6 Å². The fourth-order valence-corrected chi connectivity index (χ4v) is 4.47. The van der Waals surface area contributed by atoms with Crippen molar-refractivity contribution >= 4 is 5.82 Å². The van der Waals surface area contributed by atoms with E-state index in [-0.39, 0.29) is 29.7 Å². The quantitative estimate of drug-likeness (QED) is 0.411. The first kappa shape index (κ1) is 23.8. The maximum absolute atomic E-state index is 15.2. The lowest BCUT2D eigenvalue weighted by atomic mass is 9.97. The molecule has 0 aliphatic carbocycles. The first-order valence-corrected chi connectivity index (χ1v) is 11.9. The molecule has 2 aromatic heterocycles. The Morgan fingerprint density at radius 2 is 1.83 bits per heavy atom. The number of tetrazole rings is 1. The summed E-state index contributed by atoms with van der Waals surface area (Å²) in [5.41, 5.74) is 10.4. The molecule has 1 aliphatic rings. The molecule has 36 heavy (non-hydrogen) atoms. The van der Waals surface area contributed by atoms with Crippen LogP contribution in [0, 0.1) is 25.5 Å². The Morgan fingerprint density at radius 3 is 2.64 bits per heavy atom. The number of aryl methyl sites for hydroxylation is 1. The lowest BCUT2D eigenvalue weighted by molar-refractivity contribution is 0.229. The number of ether oxygens (including phenoxy) is 1. The average Bonchev–Trinajstić information content (AvgIpc) is 3.57. The van der Waals surface area contributed by atoms with Gasteiger partial charge in [-0.05, 0) is 85.1 Å². The van der Waals surface area contributed by atoms with Gasteiger partial charge in [-0.15, -0.1) is 5.10 Å². The average molecular weight is 492 g/mol. The molecule has 0 saturated carbocycles. The van der Waals surface area contributed by atoms with Crippen LogP contribution < -0.4 is 10.5 Å².